The van der Waals surface area contributed by atoms with Crippen molar-refractivity contribution in [3.05, 3.63) is 82.4 Å². The first kappa shape index (κ1) is 21.3. The molecule has 0 fully saturated rings. The molecule has 0 aliphatic carbocycles. The molecule has 3 rings (SSSR count). The van der Waals surface area contributed by atoms with Gasteiger partial charge in [0.15, 0.2) is 0 Å². The van der Waals surface area contributed by atoms with Gasteiger partial charge in [-0.25, -0.2) is 9.59 Å². The summed E-state index contributed by atoms with van der Waals surface area (Å²) in [6, 6.07) is 16.0. The van der Waals surface area contributed by atoms with Crippen LogP contribution in [-0.4, -0.2) is 22.2 Å². The molecule has 0 saturated carbocycles. The third kappa shape index (κ3) is 3.99. The topological polar surface area (TPSA) is 74.6 Å². The molecule has 0 unspecified atom stereocenters. The van der Waals surface area contributed by atoms with Gasteiger partial charge in [-0.1, -0.05) is 55.8 Å². The molecule has 0 radical (unpaired) electrons. The summed E-state index contributed by atoms with van der Waals surface area (Å²) in [6.07, 6.45) is 2.77. The van der Waals surface area contributed by atoms with Gasteiger partial charge >= 0.3 is 11.9 Å². The minimum Gasteiger partial charge on any atom is -0.478 e. The number of unbranched alkanes of at least 4 members (excludes halogenated alkanes) is 1. The Bertz CT molecular complexity index is 1110. The van der Waals surface area contributed by atoms with Crippen molar-refractivity contribution in [1.82, 2.24) is 0 Å². The van der Waals surface area contributed by atoms with Crippen molar-refractivity contribution in [3.8, 4) is 22.3 Å². The first-order chi connectivity index (χ1) is 14.4. The van der Waals surface area contributed by atoms with Crippen LogP contribution in [-0.2, 0) is 6.42 Å². The quantitative estimate of drug-likeness (QED) is 0.481. The minimum absolute atomic E-state index is 0.208. The van der Waals surface area contributed by atoms with E-state index < -0.39 is 11.9 Å². The third-order valence-corrected chi connectivity index (χ3v) is 5.49. The molecule has 0 aliphatic rings. The largest absolute Gasteiger partial charge is 0.478 e. The first-order valence-corrected chi connectivity index (χ1v) is 10.1. The Balaban J connectivity index is 2.48. The Morgan fingerprint density at radius 1 is 0.767 bits per heavy atom. The van der Waals surface area contributed by atoms with Crippen LogP contribution in [0.25, 0.3) is 22.3 Å². The van der Waals surface area contributed by atoms with E-state index >= 15 is 0 Å². The van der Waals surface area contributed by atoms with Gasteiger partial charge in [0, 0.05) is 0 Å². The molecule has 154 valence electrons. The highest BCUT2D eigenvalue weighted by atomic mass is 16.4. The fourth-order valence-corrected chi connectivity index (χ4v) is 4.12. The van der Waals surface area contributed by atoms with E-state index in [-0.39, 0.29) is 11.1 Å². The molecule has 3 aromatic carbocycles. The number of hydrogen-bond acceptors (Lipinski definition) is 2. The molecule has 0 saturated heterocycles. The molecule has 0 atom stereocenters. The van der Waals surface area contributed by atoms with E-state index in [1.54, 1.807) is 30.3 Å². The molecule has 30 heavy (non-hydrogen) atoms. The minimum atomic E-state index is -1.00. The number of aryl methyl sites for hydroxylation is 2. The number of rotatable bonds is 7. The van der Waals surface area contributed by atoms with Crippen LogP contribution in [0.3, 0.4) is 0 Å². The van der Waals surface area contributed by atoms with Crippen molar-refractivity contribution in [1.29, 1.82) is 0 Å². The van der Waals surface area contributed by atoms with Crippen molar-refractivity contribution in [2.45, 2.75) is 40.0 Å². The van der Waals surface area contributed by atoms with Crippen LogP contribution in [0.15, 0.2) is 54.6 Å². The molecule has 0 amide bonds. The van der Waals surface area contributed by atoms with Crippen LogP contribution >= 0.6 is 0 Å². The monoisotopic (exact) mass is 402 g/mol. The average molecular weight is 402 g/mol. The second-order valence-electron chi connectivity index (χ2n) is 7.54. The summed E-state index contributed by atoms with van der Waals surface area (Å²) in [7, 11) is 0. The standard InChI is InChI=1S/C26H26O4/c1-4-5-10-18-16(2)15-17(3)23(19-11-6-8-13-21(19)25(27)28)24(18)20-12-7-9-14-22(20)26(29)30/h6-9,11-15H,4-5,10H2,1-3H3,(H,27,28)(H,29,30). The highest BCUT2D eigenvalue weighted by Gasteiger charge is 2.23. The zero-order chi connectivity index (χ0) is 21.8. The van der Waals surface area contributed by atoms with Crippen molar-refractivity contribution < 1.29 is 19.8 Å². The molecule has 0 aromatic heterocycles. The zero-order valence-corrected chi connectivity index (χ0v) is 17.5. The lowest BCUT2D eigenvalue weighted by molar-refractivity contribution is 0.0686. The van der Waals surface area contributed by atoms with Gasteiger partial charge in [-0.2, -0.15) is 0 Å². The van der Waals surface area contributed by atoms with Gasteiger partial charge in [0.05, 0.1) is 11.1 Å². The maximum Gasteiger partial charge on any atom is 0.336 e. The second-order valence-corrected chi connectivity index (χ2v) is 7.54. The lowest BCUT2D eigenvalue weighted by Crippen LogP contribution is -2.07. The number of carboxylic acid groups (broad SMARTS) is 2. The summed E-state index contributed by atoms with van der Waals surface area (Å²) in [4.78, 5) is 24.0. The van der Waals surface area contributed by atoms with Gasteiger partial charge in [0.25, 0.3) is 0 Å². The molecule has 0 bridgehead atoms. The lowest BCUT2D eigenvalue weighted by Gasteiger charge is -2.23. The fraction of sp³-hybridized carbons (Fsp3) is 0.231. The van der Waals surface area contributed by atoms with E-state index in [9.17, 15) is 19.8 Å². The summed E-state index contributed by atoms with van der Waals surface area (Å²) in [5.74, 6) is -2.00. The Hall–Kier alpha value is -3.40. The van der Waals surface area contributed by atoms with Crippen LogP contribution in [0, 0.1) is 13.8 Å². The summed E-state index contributed by atoms with van der Waals surface area (Å²) in [6.45, 7) is 6.12. The number of carboxylic acids is 2. The number of hydrogen-bond donors (Lipinski definition) is 2. The van der Waals surface area contributed by atoms with E-state index in [1.807, 2.05) is 32.0 Å². The van der Waals surface area contributed by atoms with Gasteiger partial charge in [-0.05, 0) is 77.8 Å². The van der Waals surface area contributed by atoms with Gasteiger partial charge in [0.2, 0.25) is 0 Å². The highest BCUT2D eigenvalue weighted by Crippen LogP contribution is 2.42. The number of benzene rings is 3. The maximum absolute atomic E-state index is 12.0. The van der Waals surface area contributed by atoms with E-state index in [0.717, 1.165) is 47.1 Å². The Morgan fingerprint density at radius 2 is 1.27 bits per heavy atom. The lowest BCUT2D eigenvalue weighted by atomic mass is 9.81. The van der Waals surface area contributed by atoms with Crippen LogP contribution < -0.4 is 0 Å². The summed E-state index contributed by atoms with van der Waals surface area (Å²) in [5, 5.41) is 19.6. The molecular formula is C26H26O4. The van der Waals surface area contributed by atoms with Crippen molar-refractivity contribution >= 4 is 11.9 Å². The summed E-state index contributed by atoms with van der Waals surface area (Å²) >= 11 is 0. The number of carbonyl (C=O) groups is 2. The smallest absolute Gasteiger partial charge is 0.336 e. The first-order valence-electron chi connectivity index (χ1n) is 10.1. The third-order valence-electron chi connectivity index (χ3n) is 5.49. The predicted octanol–water partition coefficient (Wildman–Crippen LogP) is 6.38. The van der Waals surface area contributed by atoms with E-state index in [1.165, 1.54) is 0 Å². The molecule has 4 heteroatoms. The highest BCUT2D eigenvalue weighted by molar-refractivity contribution is 6.04. The molecule has 0 spiro atoms. The molecule has 0 aliphatic heterocycles. The molecular weight excluding hydrogens is 376 g/mol. The maximum atomic E-state index is 12.0. The van der Waals surface area contributed by atoms with Crippen LogP contribution in [0.1, 0.15) is 57.2 Å². The second kappa shape index (κ2) is 8.95. The normalized spacial score (nSPS) is 10.8. The Kier molecular flexibility index (Phi) is 6.36. The van der Waals surface area contributed by atoms with Crippen LogP contribution in [0.5, 0.6) is 0 Å². The zero-order valence-electron chi connectivity index (χ0n) is 17.5. The summed E-state index contributed by atoms with van der Waals surface area (Å²) < 4.78 is 0. The predicted molar refractivity (Wildman–Crippen MR) is 119 cm³/mol. The van der Waals surface area contributed by atoms with E-state index in [2.05, 4.69) is 13.0 Å². The SMILES string of the molecule is CCCCc1c(C)cc(C)c(-c2ccccc2C(=O)O)c1-c1ccccc1C(=O)O. The van der Waals surface area contributed by atoms with Gasteiger partial charge < -0.3 is 10.2 Å². The molecule has 0 heterocycles. The number of aromatic carboxylic acids is 2. The summed E-state index contributed by atoms with van der Waals surface area (Å²) in [5.41, 5.74) is 6.37. The van der Waals surface area contributed by atoms with Gasteiger partial charge in [-0.15, -0.1) is 0 Å². The van der Waals surface area contributed by atoms with Gasteiger partial charge in [-0.3, -0.25) is 0 Å². The van der Waals surface area contributed by atoms with Crippen LogP contribution in [0.4, 0.5) is 0 Å². The van der Waals surface area contributed by atoms with E-state index in [4.69, 9.17) is 0 Å². The van der Waals surface area contributed by atoms with Crippen molar-refractivity contribution in [2.24, 2.45) is 0 Å². The molecule has 3 aromatic rings. The molecule has 4 nitrogen and oxygen atoms in total. The van der Waals surface area contributed by atoms with Crippen molar-refractivity contribution in [2.75, 3.05) is 0 Å². The Morgan fingerprint density at radius 3 is 1.77 bits per heavy atom. The van der Waals surface area contributed by atoms with Crippen LogP contribution in [0.2, 0.25) is 0 Å². The van der Waals surface area contributed by atoms with E-state index in [0.29, 0.717) is 11.1 Å². The van der Waals surface area contributed by atoms with Crippen molar-refractivity contribution in [3.63, 3.8) is 0 Å². The fourth-order valence-electron chi connectivity index (χ4n) is 4.12. The average Bonchev–Trinajstić information content (AvgIpc) is 2.72. The molecule has 2 N–H and O–H groups in total. The van der Waals surface area contributed by atoms with Gasteiger partial charge in [0.1, 0.15) is 0 Å². The Labute approximate surface area is 176 Å².